The number of hydrogen-bond donors (Lipinski definition) is 1. The Morgan fingerprint density at radius 3 is 2.63 bits per heavy atom. The van der Waals surface area contributed by atoms with Crippen LogP contribution < -0.4 is 5.32 Å². The molecule has 152 valence electrons. The summed E-state index contributed by atoms with van der Waals surface area (Å²) in [4.78, 5) is 16.3. The van der Waals surface area contributed by atoms with E-state index < -0.39 is 0 Å². The molecule has 1 aromatic carbocycles. The number of benzene rings is 1. The molecule has 0 bridgehead atoms. The summed E-state index contributed by atoms with van der Waals surface area (Å²) in [5, 5.41) is 12.3. The van der Waals surface area contributed by atoms with Crippen molar-refractivity contribution < 1.29 is 9.21 Å². The topological polar surface area (TPSA) is 85.8 Å². The lowest BCUT2D eigenvalue weighted by molar-refractivity contribution is -0.118. The zero-order valence-electron chi connectivity index (χ0n) is 16.3. The van der Waals surface area contributed by atoms with E-state index in [1.165, 1.54) is 17.3 Å². The minimum atomic E-state index is -0.0838. The summed E-state index contributed by atoms with van der Waals surface area (Å²) in [6, 6.07) is 17.7. The number of carbonyl (C=O) groups excluding carboxylic acids is 1. The summed E-state index contributed by atoms with van der Waals surface area (Å²) in [5.74, 6) is 1.66. The number of carbonyl (C=O) groups is 1. The Morgan fingerprint density at radius 1 is 1.03 bits per heavy atom. The number of amides is 1. The third-order valence-corrected chi connectivity index (χ3v) is 5.46. The Balaban J connectivity index is 1.46. The average Bonchev–Trinajstić information content (AvgIpc) is 3.46. The first kappa shape index (κ1) is 19.9. The van der Waals surface area contributed by atoms with E-state index in [0.717, 1.165) is 23.6 Å². The Morgan fingerprint density at radius 2 is 1.87 bits per heavy atom. The van der Waals surface area contributed by atoms with Crippen LogP contribution in [0.2, 0.25) is 0 Å². The summed E-state index contributed by atoms with van der Waals surface area (Å²) in [7, 11) is 0. The van der Waals surface area contributed by atoms with Gasteiger partial charge in [0.1, 0.15) is 5.76 Å². The van der Waals surface area contributed by atoms with Crippen molar-refractivity contribution in [2.24, 2.45) is 0 Å². The molecular formula is C22H21N5O2S. The lowest BCUT2D eigenvalue weighted by Crippen LogP contribution is -2.24. The number of furan rings is 1. The van der Waals surface area contributed by atoms with Gasteiger partial charge in [-0.2, -0.15) is 0 Å². The highest BCUT2D eigenvalue weighted by Crippen LogP contribution is 2.24. The maximum atomic E-state index is 12.2. The molecule has 0 unspecified atom stereocenters. The van der Waals surface area contributed by atoms with E-state index >= 15 is 0 Å². The largest absolute Gasteiger partial charge is 0.467 e. The highest BCUT2D eigenvalue weighted by Gasteiger charge is 2.16. The molecule has 0 radical (unpaired) electrons. The van der Waals surface area contributed by atoms with Gasteiger partial charge in [-0.15, -0.1) is 10.2 Å². The average molecular weight is 420 g/mol. The van der Waals surface area contributed by atoms with Crippen LogP contribution in [-0.2, 0) is 24.3 Å². The summed E-state index contributed by atoms with van der Waals surface area (Å²) in [6.45, 7) is 1.08. The van der Waals surface area contributed by atoms with Gasteiger partial charge in [-0.3, -0.25) is 9.78 Å². The molecule has 3 aromatic heterocycles. The van der Waals surface area contributed by atoms with Crippen molar-refractivity contribution in [1.82, 2.24) is 25.1 Å². The van der Waals surface area contributed by atoms with Crippen molar-refractivity contribution in [3.8, 4) is 11.4 Å². The standard InChI is InChI=1S/C22H21N5O2S/c28-20(24-15-19-7-4-14-29-19)16-30-22-26-25-21(18-8-11-23-12-9-18)27(22)13-10-17-5-2-1-3-6-17/h1-9,11-12,14H,10,13,15-16H2,(H,24,28). The SMILES string of the molecule is O=C(CSc1nnc(-c2ccncc2)n1CCc1ccccc1)NCc1ccco1. The lowest BCUT2D eigenvalue weighted by atomic mass is 10.1. The van der Waals surface area contributed by atoms with Crippen LogP contribution in [-0.4, -0.2) is 31.4 Å². The number of rotatable bonds is 9. The molecule has 0 fully saturated rings. The Labute approximate surface area is 178 Å². The van der Waals surface area contributed by atoms with Gasteiger partial charge in [-0.25, -0.2) is 0 Å². The molecule has 3 heterocycles. The van der Waals surface area contributed by atoms with Gasteiger partial charge in [0.15, 0.2) is 11.0 Å². The number of nitrogens with zero attached hydrogens (tertiary/aromatic N) is 4. The van der Waals surface area contributed by atoms with Crippen LogP contribution in [0.5, 0.6) is 0 Å². The number of nitrogens with one attached hydrogen (secondary N) is 1. The summed E-state index contributed by atoms with van der Waals surface area (Å²) in [6.07, 6.45) is 5.90. The first-order valence-electron chi connectivity index (χ1n) is 9.59. The molecule has 4 rings (SSSR count). The first-order valence-corrected chi connectivity index (χ1v) is 10.6. The number of aromatic nitrogens is 4. The third-order valence-electron chi connectivity index (χ3n) is 4.49. The van der Waals surface area contributed by atoms with Crippen LogP contribution in [0.25, 0.3) is 11.4 Å². The number of hydrogen-bond acceptors (Lipinski definition) is 6. The molecule has 1 amide bonds. The fraction of sp³-hybridized carbons (Fsp3) is 0.182. The second kappa shape index (κ2) is 9.89. The second-order valence-corrected chi connectivity index (χ2v) is 7.52. The smallest absolute Gasteiger partial charge is 0.230 e. The van der Waals surface area contributed by atoms with Crippen LogP contribution in [0.3, 0.4) is 0 Å². The van der Waals surface area contributed by atoms with E-state index in [1.807, 2.05) is 36.4 Å². The summed E-state index contributed by atoms with van der Waals surface area (Å²) in [5.41, 5.74) is 2.18. The fourth-order valence-corrected chi connectivity index (χ4v) is 3.77. The van der Waals surface area contributed by atoms with Crippen LogP contribution in [0.4, 0.5) is 0 Å². The van der Waals surface area contributed by atoms with Crippen molar-refractivity contribution >= 4 is 17.7 Å². The van der Waals surface area contributed by atoms with Crippen LogP contribution in [0.15, 0.2) is 82.8 Å². The predicted molar refractivity (Wildman–Crippen MR) is 115 cm³/mol. The molecule has 0 aliphatic rings. The van der Waals surface area contributed by atoms with Crippen LogP contribution in [0, 0.1) is 0 Å². The first-order chi connectivity index (χ1) is 14.8. The van der Waals surface area contributed by atoms with Crippen molar-refractivity contribution in [3.05, 3.63) is 84.6 Å². The molecule has 0 saturated heterocycles. The van der Waals surface area contributed by atoms with Crippen molar-refractivity contribution in [2.45, 2.75) is 24.7 Å². The van der Waals surface area contributed by atoms with Crippen LogP contribution in [0.1, 0.15) is 11.3 Å². The molecular weight excluding hydrogens is 398 g/mol. The summed E-state index contributed by atoms with van der Waals surface area (Å²) < 4.78 is 7.30. The van der Waals surface area contributed by atoms with Gasteiger partial charge >= 0.3 is 0 Å². The minimum Gasteiger partial charge on any atom is -0.467 e. The highest BCUT2D eigenvalue weighted by atomic mass is 32.2. The monoisotopic (exact) mass is 419 g/mol. The molecule has 0 atom stereocenters. The van der Waals surface area contributed by atoms with E-state index in [0.29, 0.717) is 18.2 Å². The number of aryl methyl sites for hydroxylation is 1. The highest BCUT2D eigenvalue weighted by molar-refractivity contribution is 7.99. The van der Waals surface area contributed by atoms with E-state index in [1.54, 1.807) is 24.7 Å². The van der Waals surface area contributed by atoms with E-state index in [4.69, 9.17) is 4.42 Å². The zero-order chi connectivity index (χ0) is 20.6. The molecule has 4 aromatic rings. The van der Waals surface area contributed by atoms with Crippen molar-refractivity contribution in [3.63, 3.8) is 0 Å². The number of pyridine rings is 1. The molecule has 30 heavy (non-hydrogen) atoms. The van der Waals surface area contributed by atoms with Crippen molar-refractivity contribution in [2.75, 3.05) is 5.75 Å². The van der Waals surface area contributed by atoms with Gasteiger partial charge in [0.05, 0.1) is 18.6 Å². The Kier molecular flexibility index (Phi) is 6.56. The maximum Gasteiger partial charge on any atom is 0.230 e. The van der Waals surface area contributed by atoms with E-state index in [9.17, 15) is 4.79 Å². The molecule has 0 spiro atoms. The molecule has 0 aliphatic heterocycles. The minimum absolute atomic E-state index is 0.0838. The Bertz CT molecular complexity index is 1070. The predicted octanol–water partition coefficient (Wildman–Crippen LogP) is 3.58. The van der Waals surface area contributed by atoms with Gasteiger partial charge in [0, 0.05) is 24.5 Å². The molecule has 1 N–H and O–H groups in total. The molecule has 0 aliphatic carbocycles. The third kappa shape index (κ3) is 5.15. The van der Waals surface area contributed by atoms with Gasteiger partial charge in [0.25, 0.3) is 0 Å². The maximum absolute atomic E-state index is 12.2. The van der Waals surface area contributed by atoms with Gasteiger partial charge in [0.2, 0.25) is 5.91 Å². The van der Waals surface area contributed by atoms with Crippen molar-refractivity contribution in [1.29, 1.82) is 0 Å². The van der Waals surface area contributed by atoms with E-state index in [-0.39, 0.29) is 11.7 Å². The normalized spacial score (nSPS) is 10.8. The lowest BCUT2D eigenvalue weighted by Gasteiger charge is -2.10. The van der Waals surface area contributed by atoms with Gasteiger partial charge < -0.3 is 14.3 Å². The van der Waals surface area contributed by atoms with Gasteiger partial charge in [-0.1, -0.05) is 42.1 Å². The fourth-order valence-electron chi connectivity index (χ4n) is 2.98. The summed E-state index contributed by atoms with van der Waals surface area (Å²) >= 11 is 1.37. The molecule has 0 saturated carbocycles. The van der Waals surface area contributed by atoms with Crippen LogP contribution >= 0.6 is 11.8 Å². The Hall–Kier alpha value is -3.39. The second-order valence-electron chi connectivity index (χ2n) is 6.57. The molecule has 7 nitrogen and oxygen atoms in total. The zero-order valence-corrected chi connectivity index (χ0v) is 17.1. The molecule has 8 heteroatoms. The quantitative estimate of drug-likeness (QED) is 0.417. The van der Waals surface area contributed by atoms with E-state index in [2.05, 4.69) is 37.2 Å². The number of thioether (sulfide) groups is 1. The van der Waals surface area contributed by atoms with Gasteiger partial charge in [-0.05, 0) is 36.2 Å².